The Kier molecular flexibility index (Phi) is 3.36. The summed E-state index contributed by atoms with van der Waals surface area (Å²) >= 11 is 0. The molecule has 0 aliphatic heterocycles. The van der Waals surface area contributed by atoms with Crippen molar-refractivity contribution in [2.45, 2.75) is 37.5 Å². The number of nitrogens with two attached hydrogens (primary N) is 1. The first kappa shape index (κ1) is 12.0. The maximum absolute atomic E-state index is 11.5. The molecule has 1 aromatic carbocycles. The maximum Gasteiger partial charge on any atom is 0.130 e. The summed E-state index contributed by atoms with van der Waals surface area (Å²) in [6.45, 7) is 0. The minimum absolute atomic E-state index is 0.366. The molecule has 1 aliphatic rings. The summed E-state index contributed by atoms with van der Waals surface area (Å²) in [6, 6.07) is 5.62. The highest BCUT2D eigenvalue weighted by molar-refractivity contribution is 5.73. The van der Waals surface area contributed by atoms with Gasteiger partial charge in [-0.1, -0.05) is 25.3 Å². The van der Waals surface area contributed by atoms with E-state index in [-0.39, 0.29) is 5.41 Å². The van der Waals surface area contributed by atoms with Gasteiger partial charge in [0.15, 0.2) is 0 Å². The first-order valence-corrected chi connectivity index (χ1v) is 6.12. The Morgan fingerprint density at radius 2 is 2.00 bits per heavy atom. The molecule has 1 aliphatic carbocycles. The molecule has 1 aromatic rings. The van der Waals surface area contributed by atoms with E-state index in [4.69, 9.17) is 10.5 Å². The van der Waals surface area contributed by atoms with Crippen LogP contribution in [-0.4, -0.2) is 13.4 Å². The van der Waals surface area contributed by atoms with Gasteiger partial charge in [-0.25, -0.2) is 0 Å². The molecule has 0 unspecified atom stereocenters. The van der Waals surface area contributed by atoms with Gasteiger partial charge in [-0.15, -0.1) is 0 Å². The van der Waals surface area contributed by atoms with Crippen LogP contribution < -0.4 is 10.5 Å². The molecular weight excluding hydrogens is 214 g/mol. The number of aldehydes is 1. The molecule has 3 heteroatoms. The van der Waals surface area contributed by atoms with E-state index in [0.29, 0.717) is 5.69 Å². The summed E-state index contributed by atoms with van der Waals surface area (Å²) in [4.78, 5) is 11.5. The molecule has 1 saturated carbocycles. The van der Waals surface area contributed by atoms with Crippen molar-refractivity contribution >= 4 is 12.0 Å². The third-order valence-corrected chi connectivity index (χ3v) is 3.77. The van der Waals surface area contributed by atoms with Crippen molar-refractivity contribution in [1.29, 1.82) is 0 Å². The van der Waals surface area contributed by atoms with E-state index in [9.17, 15) is 4.79 Å². The number of hydrogen-bond donors (Lipinski definition) is 1. The first-order chi connectivity index (χ1) is 8.22. The van der Waals surface area contributed by atoms with Gasteiger partial charge >= 0.3 is 0 Å². The molecule has 92 valence electrons. The van der Waals surface area contributed by atoms with E-state index < -0.39 is 0 Å². The number of carbonyl (C=O) groups excluding carboxylic acids is 1. The predicted molar refractivity (Wildman–Crippen MR) is 68.2 cm³/mol. The Labute approximate surface area is 102 Å². The molecule has 0 saturated heterocycles. The lowest BCUT2D eigenvalue weighted by atomic mass is 9.70. The Balaban J connectivity index is 2.39. The Morgan fingerprint density at radius 3 is 2.53 bits per heavy atom. The lowest BCUT2D eigenvalue weighted by molar-refractivity contribution is -0.113. The zero-order valence-electron chi connectivity index (χ0n) is 10.2. The quantitative estimate of drug-likeness (QED) is 0.645. The monoisotopic (exact) mass is 233 g/mol. The van der Waals surface area contributed by atoms with Crippen molar-refractivity contribution in [3.05, 3.63) is 23.8 Å². The zero-order chi connectivity index (χ0) is 12.3. The molecule has 0 heterocycles. The van der Waals surface area contributed by atoms with E-state index in [1.54, 1.807) is 13.2 Å². The fourth-order valence-electron chi connectivity index (χ4n) is 2.75. The van der Waals surface area contributed by atoms with Crippen molar-refractivity contribution in [2.24, 2.45) is 0 Å². The second kappa shape index (κ2) is 4.78. The molecule has 2 N–H and O–H groups in total. The van der Waals surface area contributed by atoms with Gasteiger partial charge in [0.25, 0.3) is 0 Å². The standard InChI is InChI=1S/C14H19NO2/c1-17-11-5-6-12(13(15)9-11)14(10-16)7-3-2-4-8-14/h5-6,9-10H,2-4,7-8,15H2,1H3. The number of ether oxygens (including phenoxy) is 1. The van der Waals surface area contributed by atoms with Crippen molar-refractivity contribution in [1.82, 2.24) is 0 Å². The summed E-state index contributed by atoms with van der Waals surface area (Å²) < 4.78 is 5.14. The Morgan fingerprint density at radius 1 is 1.29 bits per heavy atom. The van der Waals surface area contributed by atoms with Gasteiger partial charge in [0.2, 0.25) is 0 Å². The van der Waals surface area contributed by atoms with Crippen LogP contribution in [0.1, 0.15) is 37.7 Å². The van der Waals surface area contributed by atoms with Gasteiger partial charge in [0.05, 0.1) is 12.5 Å². The number of nitrogen functional groups attached to an aromatic ring is 1. The lowest BCUT2D eigenvalue weighted by Gasteiger charge is -2.33. The minimum Gasteiger partial charge on any atom is -0.497 e. The van der Waals surface area contributed by atoms with Gasteiger partial charge in [0, 0.05) is 11.8 Å². The smallest absolute Gasteiger partial charge is 0.130 e. The van der Waals surface area contributed by atoms with Gasteiger partial charge in [-0.2, -0.15) is 0 Å². The Hall–Kier alpha value is -1.51. The van der Waals surface area contributed by atoms with Crippen molar-refractivity contribution in [3.8, 4) is 5.75 Å². The number of hydrogen-bond acceptors (Lipinski definition) is 3. The highest BCUT2D eigenvalue weighted by Crippen LogP contribution is 2.41. The van der Waals surface area contributed by atoms with Crippen molar-refractivity contribution < 1.29 is 9.53 Å². The lowest BCUT2D eigenvalue weighted by Crippen LogP contribution is -2.31. The molecule has 1 fully saturated rings. The molecule has 3 nitrogen and oxygen atoms in total. The molecule has 0 atom stereocenters. The van der Waals surface area contributed by atoms with E-state index in [1.165, 1.54) is 6.42 Å². The summed E-state index contributed by atoms with van der Waals surface area (Å²) in [5.41, 5.74) is 7.31. The van der Waals surface area contributed by atoms with Gasteiger partial charge in [-0.3, -0.25) is 0 Å². The average molecular weight is 233 g/mol. The van der Waals surface area contributed by atoms with Crippen LogP contribution in [0.3, 0.4) is 0 Å². The predicted octanol–water partition coefficient (Wildman–Crippen LogP) is 2.68. The number of rotatable bonds is 3. The van der Waals surface area contributed by atoms with Crippen LogP contribution in [0.25, 0.3) is 0 Å². The van der Waals surface area contributed by atoms with E-state index >= 15 is 0 Å². The molecule has 0 amide bonds. The zero-order valence-corrected chi connectivity index (χ0v) is 10.2. The van der Waals surface area contributed by atoms with E-state index in [2.05, 4.69) is 0 Å². The van der Waals surface area contributed by atoms with Crippen LogP contribution >= 0.6 is 0 Å². The van der Waals surface area contributed by atoms with Crippen molar-refractivity contribution in [3.63, 3.8) is 0 Å². The Bertz CT molecular complexity index is 409. The van der Waals surface area contributed by atoms with Crippen LogP contribution in [0.2, 0.25) is 0 Å². The minimum atomic E-state index is -0.366. The highest BCUT2D eigenvalue weighted by Gasteiger charge is 2.35. The molecule has 0 spiro atoms. The average Bonchev–Trinajstić information content (AvgIpc) is 2.39. The van der Waals surface area contributed by atoms with E-state index in [0.717, 1.165) is 43.3 Å². The molecule has 0 aromatic heterocycles. The van der Waals surface area contributed by atoms with Gasteiger partial charge in [0.1, 0.15) is 12.0 Å². The number of anilines is 1. The highest BCUT2D eigenvalue weighted by atomic mass is 16.5. The maximum atomic E-state index is 11.5. The second-order valence-electron chi connectivity index (χ2n) is 4.79. The molecular formula is C14H19NO2. The van der Waals surface area contributed by atoms with Crippen LogP contribution in [-0.2, 0) is 10.2 Å². The van der Waals surface area contributed by atoms with Crippen LogP contribution in [0.15, 0.2) is 18.2 Å². The third kappa shape index (κ3) is 2.14. The molecule has 2 rings (SSSR count). The fourth-order valence-corrected chi connectivity index (χ4v) is 2.75. The molecule has 0 radical (unpaired) electrons. The topological polar surface area (TPSA) is 52.3 Å². The number of methoxy groups -OCH3 is 1. The SMILES string of the molecule is COc1ccc(C2(C=O)CCCCC2)c(N)c1. The largest absolute Gasteiger partial charge is 0.497 e. The van der Waals surface area contributed by atoms with Gasteiger partial charge in [-0.05, 0) is 24.5 Å². The molecule has 0 bridgehead atoms. The number of carbonyl (C=O) groups is 1. The van der Waals surface area contributed by atoms with E-state index in [1.807, 2.05) is 12.1 Å². The van der Waals surface area contributed by atoms with Crippen LogP contribution in [0.4, 0.5) is 5.69 Å². The number of benzene rings is 1. The van der Waals surface area contributed by atoms with Gasteiger partial charge < -0.3 is 15.3 Å². The fraction of sp³-hybridized carbons (Fsp3) is 0.500. The summed E-state index contributed by atoms with van der Waals surface area (Å²) in [5, 5.41) is 0. The van der Waals surface area contributed by atoms with Crippen molar-refractivity contribution in [2.75, 3.05) is 12.8 Å². The summed E-state index contributed by atoms with van der Waals surface area (Å²) in [7, 11) is 1.62. The van der Waals surface area contributed by atoms with Crippen LogP contribution in [0.5, 0.6) is 5.75 Å². The van der Waals surface area contributed by atoms with Crippen LogP contribution in [0, 0.1) is 0 Å². The first-order valence-electron chi connectivity index (χ1n) is 6.12. The summed E-state index contributed by atoms with van der Waals surface area (Å²) in [5.74, 6) is 0.739. The third-order valence-electron chi connectivity index (χ3n) is 3.77. The molecule has 17 heavy (non-hydrogen) atoms. The normalized spacial score (nSPS) is 18.6. The summed E-state index contributed by atoms with van der Waals surface area (Å²) in [6.07, 6.45) is 6.32. The second-order valence-corrected chi connectivity index (χ2v) is 4.79.